The highest BCUT2D eigenvalue weighted by Gasteiger charge is 2.41. The average Bonchev–Trinajstić information content (AvgIpc) is 2.63. The maximum absolute atomic E-state index is 12.3. The fourth-order valence-electron chi connectivity index (χ4n) is 3.17. The first-order valence-electron chi connectivity index (χ1n) is 7.81. The van der Waals surface area contributed by atoms with E-state index in [2.05, 4.69) is 38.3 Å². The molecule has 4 N–H and O–H groups in total. The van der Waals surface area contributed by atoms with Crippen LogP contribution in [0.2, 0.25) is 0 Å². The van der Waals surface area contributed by atoms with Crippen molar-refractivity contribution in [1.29, 1.82) is 0 Å². The Hall–Kier alpha value is -1.40. The van der Waals surface area contributed by atoms with E-state index in [1.54, 1.807) is 0 Å². The van der Waals surface area contributed by atoms with Crippen LogP contribution in [0, 0.1) is 5.41 Å². The van der Waals surface area contributed by atoms with Crippen molar-refractivity contribution in [1.82, 2.24) is 5.32 Å². The van der Waals surface area contributed by atoms with Crippen molar-refractivity contribution in [2.24, 2.45) is 11.1 Å². The zero-order valence-corrected chi connectivity index (χ0v) is 15.8. The molecule has 2 heterocycles. The molecule has 1 aromatic rings. The van der Waals surface area contributed by atoms with Crippen LogP contribution in [-0.2, 0) is 16.8 Å². The van der Waals surface area contributed by atoms with Crippen molar-refractivity contribution in [3.05, 3.63) is 16.0 Å². The Balaban J connectivity index is 2.57. The molecule has 128 valence electrons. The molecule has 0 atom stereocenters. The van der Waals surface area contributed by atoms with Gasteiger partial charge < -0.3 is 16.4 Å². The molecule has 0 unspecified atom stereocenters. The maximum Gasteiger partial charge on any atom is 0.251 e. The number of carbonyl (C=O) groups is 2. The molecule has 1 aliphatic heterocycles. The van der Waals surface area contributed by atoms with E-state index in [0.29, 0.717) is 17.0 Å². The van der Waals surface area contributed by atoms with E-state index >= 15 is 0 Å². The first kappa shape index (κ1) is 17.9. The molecule has 1 aliphatic rings. The van der Waals surface area contributed by atoms with Crippen LogP contribution in [0.15, 0.2) is 0 Å². The normalized spacial score (nSPS) is 19.1. The van der Waals surface area contributed by atoms with Crippen LogP contribution < -0.4 is 16.4 Å². The number of hydrogen-bond acceptors (Lipinski definition) is 4. The molecule has 6 heteroatoms. The molecule has 0 spiro atoms. The van der Waals surface area contributed by atoms with Crippen LogP contribution in [-0.4, -0.2) is 17.4 Å². The summed E-state index contributed by atoms with van der Waals surface area (Å²) in [5.74, 6) is -0.608. The number of thiophene rings is 1. The van der Waals surface area contributed by atoms with Gasteiger partial charge in [-0.05, 0) is 39.7 Å². The van der Waals surface area contributed by atoms with Crippen molar-refractivity contribution in [2.45, 2.75) is 66.0 Å². The van der Waals surface area contributed by atoms with Gasteiger partial charge in [-0.2, -0.15) is 0 Å². The molecule has 0 bridgehead atoms. The van der Waals surface area contributed by atoms with E-state index in [1.165, 1.54) is 11.3 Å². The number of primary amides is 1. The van der Waals surface area contributed by atoms with E-state index in [4.69, 9.17) is 5.73 Å². The minimum absolute atomic E-state index is 0.122. The average molecular weight is 337 g/mol. The summed E-state index contributed by atoms with van der Waals surface area (Å²) in [5, 5.41) is 7.07. The molecule has 2 amide bonds. The van der Waals surface area contributed by atoms with Crippen molar-refractivity contribution in [2.75, 3.05) is 5.32 Å². The van der Waals surface area contributed by atoms with Crippen LogP contribution in [0.25, 0.3) is 0 Å². The minimum Gasteiger partial charge on any atom is -0.365 e. The maximum atomic E-state index is 12.3. The monoisotopic (exact) mass is 337 g/mol. The third-order valence-corrected chi connectivity index (χ3v) is 5.47. The topological polar surface area (TPSA) is 84.2 Å². The Morgan fingerprint density at radius 2 is 1.78 bits per heavy atom. The lowest BCUT2D eigenvalue weighted by atomic mass is 9.81. The van der Waals surface area contributed by atoms with Crippen LogP contribution in [0.3, 0.4) is 0 Å². The number of carbonyl (C=O) groups excluding carboxylic acids is 2. The lowest BCUT2D eigenvalue weighted by Crippen LogP contribution is -2.55. The first-order valence-corrected chi connectivity index (χ1v) is 8.63. The number of amides is 2. The van der Waals surface area contributed by atoms with Gasteiger partial charge in [0.1, 0.15) is 5.00 Å². The Morgan fingerprint density at radius 1 is 1.22 bits per heavy atom. The Morgan fingerprint density at radius 3 is 2.26 bits per heavy atom. The molecule has 5 nitrogen and oxygen atoms in total. The quantitative estimate of drug-likeness (QED) is 0.775. The Bertz CT molecular complexity index is 666. The van der Waals surface area contributed by atoms with Crippen molar-refractivity contribution < 1.29 is 9.59 Å². The molecule has 1 aromatic heterocycles. The summed E-state index contributed by atoms with van der Waals surface area (Å²) < 4.78 is 0. The molecule has 0 saturated heterocycles. The second-order valence-electron chi connectivity index (χ2n) is 8.49. The van der Waals surface area contributed by atoms with Gasteiger partial charge in [-0.15, -0.1) is 11.3 Å². The third kappa shape index (κ3) is 3.43. The van der Waals surface area contributed by atoms with Crippen LogP contribution in [0.4, 0.5) is 5.00 Å². The fraction of sp³-hybridized carbons (Fsp3) is 0.647. The van der Waals surface area contributed by atoms with Gasteiger partial charge in [0.05, 0.1) is 5.56 Å². The highest BCUT2D eigenvalue weighted by molar-refractivity contribution is 7.17. The highest BCUT2D eigenvalue weighted by Crippen LogP contribution is 2.45. The molecule has 0 aromatic carbocycles. The van der Waals surface area contributed by atoms with E-state index in [9.17, 15) is 9.59 Å². The molecular weight excluding hydrogens is 310 g/mol. The van der Waals surface area contributed by atoms with Gasteiger partial charge in [-0.1, -0.05) is 20.8 Å². The first-order chi connectivity index (χ1) is 10.2. The van der Waals surface area contributed by atoms with E-state index in [-0.39, 0.29) is 17.0 Å². The second kappa shape index (κ2) is 5.31. The number of hydrogen-bond donors (Lipinski definition) is 3. The number of nitrogens with one attached hydrogen (secondary N) is 2. The zero-order valence-electron chi connectivity index (χ0n) is 15.0. The molecule has 23 heavy (non-hydrogen) atoms. The molecule has 2 rings (SSSR count). The third-order valence-electron chi connectivity index (χ3n) is 4.00. The predicted octanol–water partition coefficient (Wildman–Crippen LogP) is 2.99. The SMILES string of the molecule is CC1(C)Cc2c(sc(NC(=O)C(C)(C)C)c2C(N)=O)C(C)(C)N1. The largest absolute Gasteiger partial charge is 0.365 e. The highest BCUT2D eigenvalue weighted by atomic mass is 32.1. The smallest absolute Gasteiger partial charge is 0.251 e. The van der Waals surface area contributed by atoms with Crippen LogP contribution >= 0.6 is 11.3 Å². The molecule has 0 radical (unpaired) electrons. The zero-order chi connectivity index (χ0) is 17.8. The predicted molar refractivity (Wildman–Crippen MR) is 94.9 cm³/mol. The number of nitrogens with two attached hydrogens (primary N) is 1. The fourth-order valence-corrected chi connectivity index (χ4v) is 4.44. The van der Waals surface area contributed by atoms with Crippen LogP contribution in [0.5, 0.6) is 0 Å². The summed E-state index contributed by atoms with van der Waals surface area (Å²) in [7, 11) is 0. The van der Waals surface area contributed by atoms with Gasteiger partial charge in [0, 0.05) is 21.4 Å². The summed E-state index contributed by atoms with van der Waals surface area (Å²) in [6.45, 7) is 13.9. The lowest BCUT2D eigenvalue weighted by Gasteiger charge is -2.42. The van der Waals surface area contributed by atoms with Gasteiger partial charge in [0.2, 0.25) is 5.91 Å². The van der Waals surface area contributed by atoms with Gasteiger partial charge in [0.25, 0.3) is 5.91 Å². The summed E-state index contributed by atoms with van der Waals surface area (Å²) in [6.07, 6.45) is 0.700. The van der Waals surface area contributed by atoms with Gasteiger partial charge in [-0.25, -0.2) is 0 Å². The Kier molecular flexibility index (Phi) is 4.14. The van der Waals surface area contributed by atoms with Gasteiger partial charge in [0.15, 0.2) is 0 Å². The molecule has 0 fully saturated rings. The summed E-state index contributed by atoms with van der Waals surface area (Å²) >= 11 is 1.45. The molecule has 0 aliphatic carbocycles. The van der Waals surface area contributed by atoms with E-state index in [0.717, 1.165) is 10.4 Å². The van der Waals surface area contributed by atoms with E-state index < -0.39 is 11.3 Å². The lowest BCUT2D eigenvalue weighted by molar-refractivity contribution is -0.123. The Labute approximate surface area is 142 Å². The number of fused-ring (bicyclic) bond motifs is 1. The van der Waals surface area contributed by atoms with Crippen molar-refractivity contribution in [3.63, 3.8) is 0 Å². The van der Waals surface area contributed by atoms with Crippen molar-refractivity contribution in [3.8, 4) is 0 Å². The van der Waals surface area contributed by atoms with Crippen LogP contribution in [0.1, 0.15) is 69.3 Å². The molecular formula is C17H27N3O2S. The summed E-state index contributed by atoms with van der Waals surface area (Å²) in [4.78, 5) is 25.5. The molecule has 0 saturated carbocycles. The second-order valence-corrected chi connectivity index (χ2v) is 9.51. The van der Waals surface area contributed by atoms with Gasteiger partial charge >= 0.3 is 0 Å². The minimum atomic E-state index is -0.535. The summed E-state index contributed by atoms with van der Waals surface area (Å²) in [5.41, 5.74) is 6.10. The number of rotatable bonds is 2. The van der Waals surface area contributed by atoms with Crippen molar-refractivity contribution >= 4 is 28.2 Å². The standard InChI is InChI=1S/C17H27N3O2S/c1-15(2,3)14(22)19-13-10(12(18)21)9-8-16(4,5)20-17(6,7)11(9)23-13/h20H,8H2,1-7H3,(H2,18,21)(H,19,22). The summed E-state index contributed by atoms with van der Waals surface area (Å²) in [6, 6.07) is 0. The number of anilines is 1. The van der Waals surface area contributed by atoms with E-state index in [1.807, 2.05) is 20.8 Å². The van der Waals surface area contributed by atoms with Gasteiger partial charge in [-0.3, -0.25) is 9.59 Å².